The maximum Gasteiger partial charge on any atom is 0.0952 e. The second-order valence-corrected chi connectivity index (χ2v) is 4.75. The number of nitrogens with zero attached hydrogens (tertiary/aromatic N) is 1. The number of aromatic nitrogens is 1. The lowest BCUT2D eigenvalue weighted by Crippen LogP contribution is -2.20. The van der Waals surface area contributed by atoms with Crippen LogP contribution in [0.5, 0.6) is 0 Å². The summed E-state index contributed by atoms with van der Waals surface area (Å²) in [6.45, 7) is 0.892. The van der Waals surface area contributed by atoms with Crippen molar-refractivity contribution < 1.29 is 9.84 Å². The van der Waals surface area contributed by atoms with Crippen molar-refractivity contribution in [3.8, 4) is 0 Å². The molecule has 0 aliphatic heterocycles. The molecule has 3 rings (SSSR count). The molecule has 0 aliphatic rings. The summed E-state index contributed by atoms with van der Waals surface area (Å²) in [5.74, 6) is 0. The van der Waals surface area contributed by atoms with E-state index < -0.39 is 6.10 Å². The Labute approximate surface area is 112 Å². The molecule has 0 saturated carbocycles. The highest BCUT2D eigenvalue weighted by atomic mass is 16.5. The van der Waals surface area contributed by atoms with E-state index in [-0.39, 0.29) is 0 Å². The zero-order valence-corrected chi connectivity index (χ0v) is 10.9. The third-order valence-electron chi connectivity index (χ3n) is 3.43. The second kappa shape index (κ2) is 5.03. The molecule has 1 aromatic heterocycles. The highest BCUT2D eigenvalue weighted by Crippen LogP contribution is 2.28. The molecule has 19 heavy (non-hydrogen) atoms. The highest BCUT2D eigenvalue weighted by molar-refractivity contribution is 6.07. The first-order valence-electron chi connectivity index (χ1n) is 6.44. The molecule has 3 heteroatoms. The molecular weight excluding hydrogens is 238 g/mol. The first kappa shape index (κ1) is 12.2. The monoisotopic (exact) mass is 255 g/mol. The number of hydrogen-bond donors (Lipinski definition) is 1. The average Bonchev–Trinajstić information content (AvgIpc) is 2.75. The van der Waals surface area contributed by atoms with Crippen LogP contribution in [0, 0.1) is 0 Å². The van der Waals surface area contributed by atoms with Crippen LogP contribution in [0.4, 0.5) is 0 Å². The largest absolute Gasteiger partial charge is 0.389 e. The highest BCUT2D eigenvalue weighted by Gasteiger charge is 2.12. The lowest BCUT2D eigenvalue weighted by molar-refractivity contribution is 0.0551. The van der Waals surface area contributed by atoms with Gasteiger partial charge in [-0.2, -0.15) is 0 Å². The van der Waals surface area contributed by atoms with E-state index >= 15 is 0 Å². The van der Waals surface area contributed by atoms with Gasteiger partial charge in [0.2, 0.25) is 0 Å². The Morgan fingerprint density at radius 3 is 2.05 bits per heavy atom. The Hall–Kier alpha value is -1.84. The third-order valence-corrected chi connectivity index (χ3v) is 3.43. The van der Waals surface area contributed by atoms with Gasteiger partial charge in [-0.1, -0.05) is 36.4 Å². The normalized spacial score (nSPS) is 13.2. The Bertz CT molecular complexity index is 649. The van der Waals surface area contributed by atoms with Crippen LogP contribution in [0.25, 0.3) is 21.8 Å². The van der Waals surface area contributed by atoms with Crippen LogP contribution >= 0.6 is 0 Å². The number of aliphatic hydroxyl groups excluding tert-OH is 1. The lowest BCUT2D eigenvalue weighted by Gasteiger charge is -2.12. The van der Waals surface area contributed by atoms with E-state index in [0.29, 0.717) is 13.2 Å². The molecule has 0 bridgehead atoms. The van der Waals surface area contributed by atoms with Crippen molar-refractivity contribution in [2.45, 2.75) is 12.6 Å². The fourth-order valence-corrected chi connectivity index (χ4v) is 2.66. The summed E-state index contributed by atoms with van der Waals surface area (Å²) in [5, 5.41) is 12.4. The maximum atomic E-state index is 9.99. The summed E-state index contributed by atoms with van der Waals surface area (Å²) in [6.07, 6.45) is -0.496. The van der Waals surface area contributed by atoms with Gasteiger partial charge in [-0.15, -0.1) is 0 Å². The topological polar surface area (TPSA) is 34.4 Å². The second-order valence-electron chi connectivity index (χ2n) is 4.75. The number of para-hydroxylation sites is 2. The molecule has 0 saturated heterocycles. The molecule has 0 fully saturated rings. The Morgan fingerprint density at radius 1 is 1.00 bits per heavy atom. The first-order chi connectivity index (χ1) is 9.31. The van der Waals surface area contributed by atoms with Crippen LogP contribution in [0.1, 0.15) is 0 Å². The van der Waals surface area contributed by atoms with Gasteiger partial charge in [0.1, 0.15) is 0 Å². The molecule has 0 amide bonds. The van der Waals surface area contributed by atoms with Crippen LogP contribution in [0.15, 0.2) is 48.5 Å². The third kappa shape index (κ3) is 2.11. The SMILES string of the molecule is COCC(O)Cn1c2ccccc2c2ccccc21. The van der Waals surface area contributed by atoms with Crippen LogP contribution < -0.4 is 0 Å². The molecule has 0 spiro atoms. The summed E-state index contributed by atoms with van der Waals surface area (Å²) in [4.78, 5) is 0. The number of aliphatic hydroxyl groups is 1. The van der Waals surface area contributed by atoms with Gasteiger partial charge in [0, 0.05) is 28.9 Å². The lowest BCUT2D eigenvalue weighted by atomic mass is 10.2. The van der Waals surface area contributed by atoms with Gasteiger partial charge in [0.25, 0.3) is 0 Å². The minimum absolute atomic E-state index is 0.348. The summed E-state index contributed by atoms with van der Waals surface area (Å²) in [5.41, 5.74) is 2.30. The van der Waals surface area contributed by atoms with E-state index in [1.165, 1.54) is 10.8 Å². The molecule has 3 nitrogen and oxygen atoms in total. The number of rotatable bonds is 4. The van der Waals surface area contributed by atoms with Crippen LogP contribution in [-0.2, 0) is 11.3 Å². The number of methoxy groups -OCH3 is 1. The van der Waals surface area contributed by atoms with Crippen molar-refractivity contribution in [1.29, 1.82) is 0 Å². The molecule has 1 N–H and O–H groups in total. The van der Waals surface area contributed by atoms with Crippen molar-refractivity contribution in [3.63, 3.8) is 0 Å². The van der Waals surface area contributed by atoms with E-state index in [1.54, 1.807) is 7.11 Å². The van der Waals surface area contributed by atoms with E-state index in [9.17, 15) is 5.11 Å². The van der Waals surface area contributed by atoms with E-state index in [2.05, 4.69) is 28.8 Å². The Kier molecular flexibility index (Phi) is 3.23. The predicted molar refractivity (Wildman–Crippen MR) is 77.3 cm³/mol. The van der Waals surface area contributed by atoms with Crippen LogP contribution in [0.3, 0.4) is 0 Å². The summed E-state index contributed by atoms with van der Waals surface area (Å²) >= 11 is 0. The van der Waals surface area contributed by atoms with Crippen molar-refractivity contribution in [1.82, 2.24) is 4.57 Å². The summed E-state index contributed by atoms with van der Waals surface area (Å²) < 4.78 is 7.17. The molecule has 98 valence electrons. The number of benzene rings is 2. The molecule has 3 aromatic rings. The van der Waals surface area contributed by atoms with Gasteiger partial charge < -0.3 is 14.4 Å². The number of hydrogen-bond acceptors (Lipinski definition) is 2. The van der Waals surface area contributed by atoms with Gasteiger partial charge in [0.05, 0.1) is 19.3 Å². The maximum absolute atomic E-state index is 9.99. The fourth-order valence-electron chi connectivity index (χ4n) is 2.66. The van der Waals surface area contributed by atoms with E-state index in [4.69, 9.17) is 4.74 Å². The Balaban J connectivity index is 2.19. The van der Waals surface area contributed by atoms with E-state index in [1.807, 2.05) is 24.3 Å². The smallest absolute Gasteiger partial charge is 0.0952 e. The van der Waals surface area contributed by atoms with Crippen molar-refractivity contribution >= 4 is 21.8 Å². The quantitative estimate of drug-likeness (QED) is 0.778. The number of ether oxygens (including phenoxy) is 1. The van der Waals surface area contributed by atoms with Gasteiger partial charge in [-0.3, -0.25) is 0 Å². The summed E-state index contributed by atoms with van der Waals surface area (Å²) in [7, 11) is 1.61. The molecule has 0 aliphatic carbocycles. The molecule has 0 radical (unpaired) electrons. The zero-order chi connectivity index (χ0) is 13.2. The Morgan fingerprint density at radius 2 is 1.53 bits per heavy atom. The number of fused-ring (bicyclic) bond motifs is 3. The van der Waals surface area contributed by atoms with Gasteiger partial charge in [-0.25, -0.2) is 0 Å². The fraction of sp³-hybridized carbons (Fsp3) is 0.250. The first-order valence-corrected chi connectivity index (χ1v) is 6.44. The van der Waals surface area contributed by atoms with Gasteiger partial charge in [0.15, 0.2) is 0 Å². The van der Waals surface area contributed by atoms with Gasteiger partial charge in [-0.05, 0) is 12.1 Å². The minimum Gasteiger partial charge on any atom is -0.389 e. The van der Waals surface area contributed by atoms with Crippen molar-refractivity contribution in [2.24, 2.45) is 0 Å². The van der Waals surface area contributed by atoms with Crippen molar-refractivity contribution in [3.05, 3.63) is 48.5 Å². The molecule has 1 heterocycles. The molecule has 1 atom stereocenters. The minimum atomic E-state index is -0.496. The van der Waals surface area contributed by atoms with Gasteiger partial charge >= 0.3 is 0 Å². The van der Waals surface area contributed by atoms with E-state index in [0.717, 1.165) is 11.0 Å². The molecule has 2 aromatic carbocycles. The van der Waals surface area contributed by atoms with Crippen LogP contribution in [-0.4, -0.2) is 29.5 Å². The van der Waals surface area contributed by atoms with Crippen molar-refractivity contribution in [2.75, 3.05) is 13.7 Å². The van der Waals surface area contributed by atoms with Crippen LogP contribution in [0.2, 0.25) is 0 Å². The summed E-state index contributed by atoms with van der Waals surface area (Å²) in [6, 6.07) is 16.6. The predicted octanol–water partition coefficient (Wildman–Crippen LogP) is 2.80. The zero-order valence-electron chi connectivity index (χ0n) is 10.9. The molecule has 1 unspecified atom stereocenters. The standard InChI is InChI=1S/C16H17NO2/c1-19-11-12(18)10-17-15-8-4-2-6-13(15)14-7-3-5-9-16(14)17/h2-9,12,18H,10-11H2,1H3. The molecular formula is C16H17NO2. The average molecular weight is 255 g/mol.